The summed E-state index contributed by atoms with van der Waals surface area (Å²) >= 11 is 0. The molecule has 45 heavy (non-hydrogen) atoms. The third kappa shape index (κ3) is 10.1. The molecule has 1 aliphatic heterocycles. The van der Waals surface area contributed by atoms with E-state index in [-0.39, 0.29) is 29.1 Å². The zero-order chi connectivity index (χ0) is 33.1. The summed E-state index contributed by atoms with van der Waals surface area (Å²) in [5.74, 6) is -3.68. The van der Waals surface area contributed by atoms with Crippen LogP contribution in [0, 0.1) is 0 Å². The minimum Gasteiger partial charge on any atom is -0.504 e. The predicted molar refractivity (Wildman–Crippen MR) is 156 cm³/mol. The molecule has 1 aliphatic rings. The van der Waals surface area contributed by atoms with Crippen LogP contribution >= 0.6 is 0 Å². The molecule has 1 N–H and O–H groups in total. The Hall–Kier alpha value is -4.33. The molecular weight excluding hydrogens is 596 g/mol. The predicted octanol–water partition coefficient (Wildman–Crippen LogP) is 3.70. The molecule has 14 nitrogen and oxygen atoms in total. The number of fused-ring (bicyclic) bond motifs is 1. The van der Waals surface area contributed by atoms with Crippen molar-refractivity contribution in [2.75, 3.05) is 13.2 Å². The summed E-state index contributed by atoms with van der Waals surface area (Å²) in [6, 6.07) is 4.14. The fourth-order valence-corrected chi connectivity index (χ4v) is 4.82. The first kappa shape index (κ1) is 35.2. The van der Waals surface area contributed by atoms with E-state index in [1.54, 1.807) is 0 Å². The molecule has 0 radical (unpaired) electrons. The highest BCUT2D eigenvalue weighted by atomic mass is 16.7. The van der Waals surface area contributed by atoms with Gasteiger partial charge < -0.3 is 42.7 Å². The zero-order valence-electron chi connectivity index (χ0n) is 26.0. The van der Waals surface area contributed by atoms with Gasteiger partial charge in [0.1, 0.15) is 24.0 Å². The van der Waals surface area contributed by atoms with E-state index >= 15 is 0 Å². The minimum absolute atomic E-state index is 0.0340. The number of ether oxygens (including phenoxy) is 7. The van der Waals surface area contributed by atoms with Gasteiger partial charge >= 0.3 is 29.5 Å². The van der Waals surface area contributed by atoms with Gasteiger partial charge in [0.25, 0.3) is 0 Å². The van der Waals surface area contributed by atoms with E-state index in [1.807, 2.05) is 0 Å². The molecular formula is C31H40O14. The SMILES string of the molecule is CCCCCCCCOc1c(O)c2ccc(O[C@H]3O[C@H](COC(C)=O)[C@@H](OC(C)=O)[C@H](OC(C)=O)[C@@H]3OC(C)=O)cc2oc1=O. The Bertz CT molecular complexity index is 1400. The fourth-order valence-electron chi connectivity index (χ4n) is 4.82. The van der Waals surface area contributed by atoms with E-state index in [2.05, 4.69) is 6.92 Å². The molecule has 0 spiro atoms. The molecule has 248 valence electrons. The number of hydrogen-bond donors (Lipinski definition) is 1. The van der Waals surface area contributed by atoms with Crippen molar-refractivity contribution in [3.8, 4) is 17.2 Å². The van der Waals surface area contributed by atoms with Crippen LogP contribution in [0.5, 0.6) is 17.2 Å². The maximum atomic E-state index is 12.7. The van der Waals surface area contributed by atoms with Gasteiger partial charge in [0.05, 0.1) is 12.0 Å². The van der Waals surface area contributed by atoms with Gasteiger partial charge in [-0.1, -0.05) is 39.0 Å². The van der Waals surface area contributed by atoms with Gasteiger partial charge in [-0.2, -0.15) is 0 Å². The molecule has 0 bridgehead atoms. The van der Waals surface area contributed by atoms with Crippen LogP contribution in [-0.2, 0) is 42.9 Å². The number of carbonyl (C=O) groups excluding carboxylic acids is 4. The van der Waals surface area contributed by atoms with Crippen molar-refractivity contribution in [1.29, 1.82) is 0 Å². The largest absolute Gasteiger partial charge is 0.504 e. The van der Waals surface area contributed by atoms with Crippen LogP contribution in [0.4, 0.5) is 0 Å². The van der Waals surface area contributed by atoms with Gasteiger partial charge in [0.15, 0.2) is 18.0 Å². The first-order valence-corrected chi connectivity index (χ1v) is 14.8. The van der Waals surface area contributed by atoms with Crippen molar-refractivity contribution in [2.24, 2.45) is 0 Å². The average molecular weight is 637 g/mol. The third-order valence-corrected chi connectivity index (χ3v) is 6.76. The number of aromatic hydroxyl groups is 1. The Morgan fingerprint density at radius 3 is 2.09 bits per heavy atom. The number of carbonyl (C=O) groups is 4. The van der Waals surface area contributed by atoms with Crippen molar-refractivity contribution in [3.63, 3.8) is 0 Å². The van der Waals surface area contributed by atoms with E-state index in [4.69, 9.17) is 37.6 Å². The van der Waals surface area contributed by atoms with E-state index in [0.717, 1.165) is 59.8 Å². The lowest BCUT2D eigenvalue weighted by Crippen LogP contribution is -2.63. The summed E-state index contributed by atoms with van der Waals surface area (Å²) in [6.07, 6.45) is -0.829. The van der Waals surface area contributed by atoms with Crippen molar-refractivity contribution < 1.29 is 61.9 Å². The van der Waals surface area contributed by atoms with Crippen molar-refractivity contribution in [2.45, 2.75) is 104 Å². The third-order valence-electron chi connectivity index (χ3n) is 6.76. The van der Waals surface area contributed by atoms with Crippen LogP contribution in [-0.4, -0.2) is 72.9 Å². The molecule has 0 amide bonds. The monoisotopic (exact) mass is 636 g/mol. The van der Waals surface area contributed by atoms with Crippen LogP contribution in [0.3, 0.4) is 0 Å². The molecule has 2 aromatic rings. The Kier molecular flexibility index (Phi) is 13.0. The second-order valence-corrected chi connectivity index (χ2v) is 10.5. The van der Waals surface area contributed by atoms with E-state index in [0.29, 0.717) is 6.42 Å². The maximum absolute atomic E-state index is 12.7. The molecule has 0 saturated carbocycles. The van der Waals surface area contributed by atoms with Gasteiger partial charge in [0, 0.05) is 33.8 Å². The van der Waals surface area contributed by atoms with Crippen LogP contribution < -0.4 is 15.1 Å². The van der Waals surface area contributed by atoms with E-state index in [1.165, 1.54) is 18.2 Å². The number of benzene rings is 1. The summed E-state index contributed by atoms with van der Waals surface area (Å²) < 4.78 is 44.0. The lowest BCUT2D eigenvalue weighted by molar-refractivity contribution is -0.288. The van der Waals surface area contributed by atoms with Gasteiger partial charge in [-0.25, -0.2) is 4.79 Å². The summed E-state index contributed by atoms with van der Waals surface area (Å²) in [5, 5.41) is 10.9. The number of hydrogen-bond acceptors (Lipinski definition) is 14. The highest BCUT2D eigenvalue weighted by Gasteiger charge is 2.53. The van der Waals surface area contributed by atoms with Crippen molar-refractivity contribution >= 4 is 34.8 Å². The summed E-state index contributed by atoms with van der Waals surface area (Å²) in [6.45, 7) is 6.42. The van der Waals surface area contributed by atoms with Gasteiger partial charge in [-0.3, -0.25) is 19.2 Å². The Morgan fingerprint density at radius 1 is 0.822 bits per heavy atom. The number of unbranched alkanes of at least 4 members (excludes halogenated alkanes) is 5. The summed E-state index contributed by atoms with van der Waals surface area (Å²) in [7, 11) is 0. The van der Waals surface area contributed by atoms with Crippen LogP contribution in [0.2, 0.25) is 0 Å². The molecule has 1 aromatic heterocycles. The molecule has 0 unspecified atom stereocenters. The molecule has 5 atom stereocenters. The lowest BCUT2D eigenvalue weighted by atomic mass is 9.98. The maximum Gasteiger partial charge on any atom is 0.383 e. The molecule has 2 heterocycles. The Balaban J connectivity index is 1.89. The molecule has 1 saturated heterocycles. The Morgan fingerprint density at radius 2 is 1.44 bits per heavy atom. The van der Waals surface area contributed by atoms with Crippen LogP contribution in [0.15, 0.2) is 27.4 Å². The Labute approximate surface area is 259 Å². The second kappa shape index (κ2) is 16.7. The number of rotatable bonds is 15. The number of esters is 4. The van der Waals surface area contributed by atoms with Crippen LogP contribution in [0.1, 0.15) is 73.1 Å². The van der Waals surface area contributed by atoms with Crippen molar-refractivity contribution in [1.82, 2.24) is 0 Å². The first-order valence-electron chi connectivity index (χ1n) is 14.8. The quantitative estimate of drug-likeness (QED) is 0.129. The van der Waals surface area contributed by atoms with Crippen molar-refractivity contribution in [3.05, 3.63) is 28.6 Å². The van der Waals surface area contributed by atoms with E-state index in [9.17, 15) is 29.1 Å². The standard InChI is InChI=1S/C31H40O14/c1-6-7-8-9-10-11-14-38-27-25(36)22-13-12-21(15-23(22)44-30(27)37)43-31-29(42-20(5)35)28(41-19(4)34)26(40-18(3)33)24(45-31)16-39-17(2)32/h12-13,15,24,26,28-29,31,36H,6-11,14,16H2,1-5H3/t24-,26-,28+,29+,31+/m1/s1. The van der Waals surface area contributed by atoms with Gasteiger partial charge in [0.2, 0.25) is 18.1 Å². The smallest absolute Gasteiger partial charge is 0.383 e. The molecule has 1 aromatic carbocycles. The normalized spacial score (nSPS) is 21.0. The highest BCUT2D eigenvalue weighted by molar-refractivity contribution is 5.86. The zero-order valence-corrected chi connectivity index (χ0v) is 26.0. The first-order chi connectivity index (χ1) is 21.4. The second-order valence-electron chi connectivity index (χ2n) is 10.5. The minimum atomic E-state index is -1.50. The molecule has 3 rings (SSSR count). The van der Waals surface area contributed by atoms with E-state index < -0.39 is 72.6 Å². The van der Waals surface area contributed by atoms with Gasteiger partial charge in [-0.15, -0.1) is 0 Å². The average Bonchev–Trinajstić information content (AvgIpc) is 2.95. The fraction of sp³-hybridized carbons (Fsp3) is 0.581. The summed E-state index contributed by atoms with van der Waals surface area (Å²) in [4.78, 5) is 60.2. The molecule has 14 heteroatoms. The van der Waals surface area contributed by atoms with Crippen LogP contribution in [0.25, 0.3) is 11.0 Å². The summed E-state index contributed by atoms with van der Waals surface area (Å²) in [5.41, 5.74) is -0.942. The lowest BCUT2D eigenvalue weighted by Gasteiger charge is -2.43. The highest BCUT2D eigenvalue weighted by Crippen LogP contribution is 2.35. The van der Waals surface area contributed by atoms with Gasteiger partial charge in [-0.05, 0) is 18.6 Å². The molecule has 1 fully saturated rings. The molecule has 0 aliphatic carbocycles. The topological polar surface area (TPSA) is 183 Å².